The van der Waals surface area contributed by atoms with Crippen LogP contribution in [0, 0.1) is 16.7 Å². The summed E-state index contributed by atoms with van der Waals surface area (Å²) in [6, 6.07) is 0. The Labute approximate surface area is 172 Å². The van der Waals surface area contributed by atoms with Crippen LogP contribution >= 0.6 is 0 Å². The smallest absolute Gasteiger partial charge is 0.302 e. The fraction of sp³-hybridized carbons (Fsp3) is 0.750. The maximum atomic E-state index is 12.9. The van der Waals surface area contributed by atoms with E-state index in [0.717, 1.165) is 6.42 Å². The molecule has 1 spiro atoms. The number of hydrogen-bond acceptors (Lipinski definition) is 5. The van der Waals surface area contributed by atoms with E-state index in [1.54, 1.807) is 6.08 Å². The largest absolute Gasteiger partial charge is 0.461 e. The Kier molecular flexibility index (Phi) is 3.91. The molecule has 0 aromatic heterocycles. The van der Waals surface area contributed by atoms with Crippen molar-refractivity contribution < 1.29 is 24.2 Å². The highest BCUT2D eigenvalue weighted by atomic mass is 16.6. The Morgan fingerprint density at radius 3 is 2.76 bits per heavy atom. The molecule has 5 heteroatoms. The molecule has 4 aliphatic carbocycles. The Bertz CT molecular complexity index is 866. The third kappa shape index (κ3) is 2.53. The highest BCUT2D eigenvalue weighted by Gasteiger charge is 2.75. The first-order chi connectivity index (χ1) is 13.5. The van der Waals surface area contributed by atoms with Gasteiger partial charge in [0.2, 0.25) is 0 Å². The van der Waals surface area contributed by atoms with Gasteiger partial charge in [-0.2, -0.15) is 0 Å². The molecule has 5 atom stereocenters. The number of fused-ring (bicyclic) bond motifs is 2. The third-order valence-corrected chi connectivity index (χ3v) is 8.83. The number of epoxide rings is 1. The van der Waals surface area contributed by atoms with Crippen LogP contribution in [-0.4, -0.2) is 40.8 Å². The van der Waals surface area contributed by atoms with Crippen LogP contribution in [0.5, 0.6) is 0 Å². The summed E-state index contributed by atoms with van der Waals surface area (Å²) in [6.07, 6.45) is 8.06. The first-order valence-electron chi connectivity index (χ1n) is 11.0. The van der Waals surface area contributed by atoms with Crippen LogP contribution in [0.25, 0.3) is 0 Å². The number of aliphatic hydroxyl groups is 1. The molecule has 158 valence electrons. The lowest BCUT2D eigenvalue weighted by Gasteiger charge is -2.58. The van der Waals surface area contributed by atoms with Crippen molar-refractivity contribution in [3.05, 3.63) is 22.8 Å². The van der Waals surface area contributed by atoms with Crippen LogP contribution in [0.2, 0.25) is 0 Å². The van der Waals surface area contributed by atoms with E-state index < -0.39 is 23.3 Å². The topological polar surface area (TPSA) is 76.1 Å². The molecule has 1 N–H and O–H groups in total. The van der Waals surface area contributed by atoms with E-state index in [4.69, 9.17) is 9.47 Å². The first kappa shape index (κ1) is 19.5. The zero-order valence-electron chi connectivity index (χ0n) is 18.0. The molecule has 0 aromatic carbocycles. The van der Waals surface area contributed by atoms with Gasteiger partial charge < -0.3 is 14.6 Å². The van der Waals surface area contributed by atoms with Crippen molar-refractivity contribution in [3.8, 4) is 0 Å². The second kappa shape index (κ2) is 5.82. The van der Waals surface area contributed by atoms with E-state index in [-0.39, 0.29) is 17.8 Å². The highest BCUT2D eigenvalue weighted by molar-refractivity contribution is 6.04. The van der Waals surface area contributed by atoms with Crippen LogP contribution in [0.1, 0.15) is 72.6 Å². The maximum absolute atomic E-state index is 12.9. The van der Waals surface area contributed by atoms with Crippen LogP contribution < -0.4 is 0 Å². The van der Waals surface area contributed by atoms with Gasteiger partial charge >= 0.3 is 5.97 Å². The molecule has 1 saturated heterocycles. The van der Waals surface area contributed by atoms with Gasteiger partial charge in [0.05, 0.1) is 0 Å². The molecule has 0 radical (unpaired) electrons. The lowest BCUT2D eigenvalue weighted by molar-refractivity contribution is -0.140. The zero-order chi connectivity index (χ0) is 20.8. The predicted octanol–water partition coefficient (Wildman–Crippen LogP) is 3.64. The van der Waals surface area contributed by atoms with E-state index >= 15 is 0 Å². The molecule has 5 rings (SSSR count). The molecule has 29 heavy (non-hydrogen) atoms. The molecule has 0 unspecified atom stereocenters. The summed E-state index contributed by atoms with van der Waals surface area (Å²) in [6.45, 7) is 8.46. The molecule has 1 aliphatic heterocycles. The molecule has 1 heterocycles. The second-order valence-electron chi connectivity index (χ2n) is 10.9. The van der Waals surface area contributed by atoms with Gasteiger partial charge in [-0.15, -0.1) is 0 Å². The molecule has 0 amide bonds. The number of rotatable bonds is 2. The average Bonchev–Trinajstić information content (AvgIpc) is 3.35. The molecule has 0 aromatic rings. The normalized spacial score (nSPS) is 44.7. The molecule has 5 aliphatic rings. The average molecular weight is 401 g/mol. The lowest BCUT2D eigenvalue weighted by Crippen LogP contribution is -2.56. The summed E-state index contributed by atoms with van der Waals surface area (Å²) in [4.78, 5) is 24.1. The van der Waals surface area contributed by atoms with Gasteiger partial charge in [0, 0.05) is 25.3 Å². The van der Waals surface area contributed by atoms with Gasteiger partial charge in [0.25, 0.3) is 0 Å². The van der Waals surface area contributed by atoms with Gasteiger partial charge in [0.1, 0.15) is 17.8 Å². The zero-order valence-corrected chi connectivity index (χ0v) is 18.0. The summed E-state index contributed by atoms with van der Waals surface area (Å²) >= 11 is 0. The molecular weight excluding hydrogens is 368 g/mol. The fourth-order valence-electron chi connectivity index (χ4n) is 7.38. The van der Waals surface area contributed by atoms with Gasteiger partial charge in [-0.1, -0.05) is 38.3 Å². The maximum Gasteiger partial charge on any atom is 0.302 e. The number of ketones is 1. The molecule has 2 fully saturated rings. The van der Waals surface area contributed by atoms with Gasteiger partial charge in [-0.3, -0.25) is 9.59 Å². The van der Waals surface area contributed by atoms with Crippen molar-refractivity contribution in [2.24, 2.45) is 16.7 Å². The van der Waals surface area contributed by atoms with Crippen molar-refractivity contribution in [2.75, 3.05) is 6.61 Å². The number of ether oxygens (including phenoxy) is 2. The van der Waals surface area contributed by atoms with Crippen molar-refractivity contribution in [3.63, 3.8) is 0 Å². The minimum Gasteiger partial charge on any atom is -0.461 e. The quantitative estimate of drug-likeness (QED) is 0.435. The van der Waals surface area contributed by atoms with Crippen molar-refractivity contribution >= 4 is 11.8 Å². The fourth-order valence-corrected chi connectivity index (χ4v) is 7.38. The molecule has 1 saturated carbocycles. The summed E-state index contributed by atoms with van der Waals surface area (Å²) < 4.78 is 11.1. The molecule has 0 bridgehead atoms. The van der Waals surface area contributed by atoms with Crippen LogP contribution in [0.15, 0.2) is 22.8 Å². The Hall–Kier alpha value is -1.46. The van der Waals surface area contributed by atoms with Gasteiger partial charge in [-0.25, -0.2) is 0 Å². The number of esters is 1. The van der Waals surface area contributed by atoms with Crippen LogP contribution in [0.4, 0.5) is 0 Å². The van der Waals surface area contributed by atoms with Gasteiger partial charge in [0.15, 0.2) is 11.9 Å². The minimum absolute atomic E-state index is 0.0910. The standard InChI is InChI=1S/C24H32O5/c1-14(25)28-13-16-11-23(27)10-15-6-7-18-21(2,3)8-5-9-22(18,4)17(15)12-24(23)20(29-24)19(16)26/h11,18,20,27H,5-10,12-13H2,1-4H3/t18-,20+,22+,23-,24+/m0/s1. The number of carbonyl (C=O) groups is 2. The Morgan fingerprint density at radius 2 is 2.03 bits per heavy atom. The summed E-state index contributed by atoms with van der Waals surface area (Å²) in [5, 5.41) is 11.6. The predicted molar refractivity (Wildman–Crippen MR) is 107 cm³/mol. The molecular formula is C24H32O5. The Morgan fingerprint density at radius 1 is 1.28 bits per heavy atom. The Balaban J connectivity index is 1.53. The van der Waals surface area contributed by atoms with Crippen molar-refractivity contribution in [1.29, 1.82) is 0 Å². The minimum atomic E-state index is -1.19. The van der Waals surface area contributed by atoms with E-state index in [2.05, 4.69) is 20.8 Å². The van der Waals surface area contributed by atoms with Crippen LogP contribution in [-0.2, 0) is 19.1 Å². The van der Waals surface area contributed by atoms with E-state index in [1.807, 2.05) is 0 Å². The van der Waals surface area contributed by atoms with Crippen molar-refractivity contribution in [1.82, 2.24) is 0 Å². The number of carbonyl (C=O) groups excluding carboxylic acids is 2. The van der Waals surface area contributed by atoms with Crippen LogP contribution in [0.3, 0.4) is 0 Å². The number of hydrogen-bond donors (Lipinski definition) is 1. The third-order valence-electron chi connectivity index (χ3n) is 8.83. The highest BCUT2D eigenvalue weighted by Crippen LogP contribution is 2.67. The summed E-state index contributed by atoms with van der Waals surface area (Å²) in [5.74, 6) is 0.0668. The lowest BCUT2D eigenvalue weighted by atomic mass is 9.47. The first-order valence-corrected chi connectivity index (χ1v) is 11.0. The van der Waals surface area contributed by atoms with Gasteiger partial charge in [-0.05, 0) is 48.5 Å². The van der Waals surface area contributed by atoms with E-state index in [0.29, 0.717) is 29.7 Å². The summed E-state index contributed by atoms with van der Waals surface area (Å²) in [5.41, 5.74) is 1.62. The SMILES string of the molecule is CC(=O)OCC1=C[C@@]2(O)CC3=C(C[C@]24O[C@@H]4C1=O)[C@@]1(C)CCCC(C)(C)[C@@H]1CC3. The summed E-state index contributed by atoms with van der Waals surface area (Å²) in [7, 11) is 0. The monoisotopic (exact) mass is 400 g/mol. The van der Waals surface area contributed by atoms with E-state index in [9.17, 15) is 14.7 Å². The number of Topliss-reactive ketones (excluding diaryl/α,β-unsaturated/α-hetero) is 1. The second-order valence-corrected chi connectivity index (χ2v) is 10.9. The van der Waals surface area contributed by atoms with Crippen molar-refractivity contribution in [2.45, 2.75) is 89.9 Å². The molecule has 5 nitrogen and oxygen atoms in total. The van der Waals surface area contributed by atoms with E-state index in [1.165, 1.54) is 43.8 Å².